The van der Waals surface area contributed by atoms with Gasteiger partial charge in [0.2, 0.25) is 10.0 Å². The fourth-order valence-electron chi connectivity index (χ4n) is 3.08. The number of benzene rings is 1. The summed E-state index contributed by atoms with van der Waals surface area (Å²) in [5.74, 6) is 0.166. The third kappa shape index (κ3) is 5.57. The molecule has 0 fully saturated rings. The van der Waals surface area contributed by atoms with E-state index in [9.17, 15) is 18.3 Å². The van der Waals surface area contributed by atoms with Crippen molar-refractivity contribution in [2.45, 2.75) is 26.0 Å². The Bertz CT molecular complexity index is 781. The average Bonchev–Trinajstić information content (AvgIpc) is 2.56. The van der Waals surface area contributed by atoms with Gasteiger partial charge in [-0.15, -0.1) is 0 Å². The second kappa shape index (κ2) is 8.45. The Balaban J connectivity index is 2.51. The van der Waals surface area contributed by atoms with Gasteiger partial charge in [-0.1, -0.05) is 6.92 Å². The van der Waals surface area contributed by atoms with Gasteiger partial charge in [0.25, 0.3) is 5.91 Å². The number of aliphatic hydroxyl groups is 1. The molecule has 0 aromatic heterocycles. The Morgan fingerprint density at radius 1 is 1.41 bits per heavy atom. The lowest BCUT2D eigenvalue weighted by molar-refractivity contribution is 0.0363. The largest absolute Gasteiger partial charge is 0.488 e. The van der Waals surface area contributed by atoms with Crippen LogP contribution >= 0.6 is 0 Å². The molecule has 1 aromatic rings. The number of carbonyl (C=O) groups excluding carboxylic acids is 1. The summed E-state index contributed by atoms with van der Waals surface area (Å²) < 4.78 is 31.6. The maximum absolute atomic E-state index is 13.1. The van der Waals surface area contributed by atoms with Gasteiger partial charge in [0.05, 0.1) is 24.5 Å². The first-order valence-electron chi connectivity index (χ1n) is 8.87. The fourth-order valence-corrected chi connectivity index (χ4v) is 3.63. The van der Waals surface area contributed by atoms with Crippen molar-refractivity contribution in [1.29, 1.82) is 0 Å². The molecule has 1 heterocycles. The van der Waals surface area contributed by atoms with Gasteiger partial charge in [0, 0.05) is 24.7 Å². The molecule has 152 valence electrons. The maximum Gasteiger partial charge on any atom is 0.258 e. The quantitative estimate of drug-likeness (QED) is 0.735. The van der Waals surface area contributed by atoms with E-state index in [-0.39, 0.29) is 36.1 Å². The molecule has 1 aromatic carbocycles. The van der Waals surface area contributed by atoms with Gasteiger partial charge in [-0.3, -0.25) is 9.52 Å². The Hall–Kier alpha value is -1.84. The molecule has 0 bridgehead atoms. The van der Waals surface area contributed by atoms with Crippen molar-refractivity contribution in [3.8, 4) is 5.75 Å². The van der Waals surface area contributed by atoms with Crippen molar-refractivity contribution >= 4 is 21.6 Å². The number of carbonyl (C=O) groups is 1. The molecule has 0 unspecified atom stereocenters. The fraction of sp³-hybridized carbons (Fsp3) is 0.611. The van der Waals surface area contributed by atoms with Gasteiger partial charge in [-0.05, 0) is 39.2 Å². The number of hydrogen-bond acceptors (Lipinski definition) is 6. The SMILES string of the molecule is C[C@H]1CN([C@@H](C)CO)C(=O)c2cc(NS(C)(=O)=O)ccc2O[C@H]1CN(C)C. The Morgan fingerprint density at radius 2 is 2.07 bits per heavy atom. The van der Waals surface area contributed by atoms with E-state index in [0.717, 1.165) is 6.26 Å². The van der Waals surface area contributed by atoms with Crippen LogP contribution in [-0.2, 0) is 10.0 Å². The van der Waals surface area contributed by atoms with Crippen LogP contribution in [0.4, 0.5) is 5.69 Å². The van der Waals surface area contributed by atoms with Gasteiger partial charge in [0.1, 0.15) is 11.9 Å². The summed E-state index contributed by atoms with van der Waals surface area (Å²) in [5, 5.41) is 9.59. The first-order valence-corrected chi connectivity index (χ1v) is 10.8. The summed E-state index contributed by atoms with van der Waals surface area (Å²) in [5.41, 5.74) is 0.571. The predicted octanol–water partition coefficient (Wildman–Crippen LogP) is 0.840. The number of anilines is 1. The number of fused-ring (bicyclic) bond motifs is 1. The minimum atomic E-state index is -3.47. The van der Waals surface area contributed by atoms with Gasteiger partial charge in [-0.25, -0.2) is 8.42 Å². The number of likely N-dealkylation sites (N-methyl/N-ethyl adjacent to an activating group) is 1. The average molecular weight is 400 g/mol. The second-order valence-electron chi connectivity index (χ2n) is 7.47. The molecular formula is C18H29N3O5S. The number of nitrogens with zero attached hydrogens (tertiary/aromatic N) is 2. The van der Waals surface area contributed by atoms with Crippen molar-refractivity contribution in [3.05, 3.63) is 23.8 Å². The molecule has 0 radical (unpaired) electrons. The number of amides is 1. The van der Waals surface area contributed by atoms with Crippen molar-refractivity contribution in [2.24, 2.45) is 5.92 Å². The van der Waals surface area contributed by atoms with Crippen LogP contribution < -0.4 is 9.46 Å². The maximum atomic E-state index is 13.1. The zero-order valence-electron chi connectivity index (χ0n) is 16.5. The summed E-state index contributed by atoms with van der Waals surface area (Å²) in [6.45, 7) is 4.74. The van der Waals surface area contributed by atoms with Crippen LogP contribution in [0.1, 0.15) is 24.2 Å². The van der Waals surface area contributed by atoms with Crippen molar-refractivity contribution in [2.75, 3.05) is 44.8 Å². The third-order valence-electron chi connectivity index (χ3n) is 4.51. The molecule has 2 rings (SSSR count). The van der Waals surface area contributed by atoms with E-state index in [1.807, 2.05) is 25.9 Å². The van der Waals surface area contributed by atoms with E-state index >= 15 is 0 Å². The molecule has 27 heavy (non-hydrogen) atoms. The predicted molar refractivity (Wildman–Crippen MR) is 105 cm³/mol. The molecule has 0 saturated heterocycles. The highest BCUT2D eigenvalue weighted by atomic mass is 32.2. The number of nitrogens with one attached hydrogen (secondary N) is 1. The number of hydrogen-bond donors (Lipinski definition) is 2. The molecule has 0 spiro atoms. The first kappa shape index (κ1) is 21.5. The van der Waals surface area contributed by atoms with E-state index < -0.39 is 10.0 Å². The van der Waals surface area contributed by atoms with Crippen LogP contribution in [0.25, 0.3) is 0 Å². The van der Waals surface area contributed by atoms with E-state index in [2.05, 4.69) is 4.72 Å². The molecule has 2 N–H and O–H groups in total. The van der Waals surface area contributed by atoms with Crippen LogP contribution in [0, 0.1) is 5.92 Å². The Morgan fingerprint density at radius 3 is 2.63 bits per heavy atom. The summed E-state index contributed by atoms with van der Waals surface area (Å²) in [6, 6.07) is 4.31. The number of aliphatic hydroxyl groups excluding tert-OH is 1. The molecule has 1 amide bonds. The standard InChI is InChI=1S/C18H29N3O5S/c1-12-9-21(13(2)11-22)18(23)15-8-14(19-27(5,24)25)6-7-16(15)26-17(12)10-20(3)4/h6-8,12-13,17,19,22H,9-11H2,1-5H3/t12-,13-,17-/m0/s1. The van der Waals surface area contributed by atoms with Crippen LogP contribution in [0.15, 0.2) is 18.2 Å². The minimum absolute atomic E-state index is 0.0484. The third-order valence-corrected chi connectivity index (χ3v) is 5.12. The lowest BCUT2D eigenvalue weighted by Gasteiger charge is -2.37. The molecule has 8 nitrogen and oxygen atoms in total. The molecule has 1 aliphatic rings. The summed E-state index contributed by atoms with van der Waals surface area (Å²) in [7, 11) is 0.435. The topological polar surface area (TPSA) is 99.2 Å². The van der Waals surface area contributed by atoms with Gasteiger partial charge < -0.3 is 19.6 Å². The molecule has 0 saturated carbocycles. The molecule has 9 heteroatoms. The highest BCUT2D eigenvalue weighted by Crippen LogP contribution is 2.30. The minimum Gasteiger partial charge on any atom is -0.488 e. The first-order chi connectivity index (χ1) is 12.5. The van der Waals surface area contributed by atoms with Gasteiger partial charge >= 0.3 is 0 Å². The smallest absolute Gasteiger partial charge is 0.258 e. The zero-order valence-corrected chi connectivity index (χ0v) is 17.3. The van der Waals surface area contributed by atoms with Crippen LogP contribution in [0.2, 0.25) is 0 Å². The van der Waals surface area contributed by atoms with Gasteiger partial charge in [0.15, 0.2) is 0 Å². The summed E-state index contributed by atoms with van der Waals surface area (Å²) in [4.78, 5) is 16.8. The molecule has 1 aliphatic heterocycles. The number of sulfonamides is 1. The van der Waals surface area contributed by atoms with E-state index in [4.69, 9.17) is 4.74 Å². The van der Waals surface area contributed by atoms with Crippen LogP contribution in [0.5, 0.6) is 5.75 Å². The lowest BCUT2D eigenvalue weighted by Crippen LogP contribution is -2.49. The Labute approximate surface area is 161 Å². The number of rotatable bonds is 6. The molecule has 0 aliphatic carbocycles. The molecular weight excluding hydrogens is 370 g/mol. The highest BCUT2D eigenvalue weighted by Gasteiger charge is 2.33. The second-order valence-corrected chi connectivity index (χ2v) is 9.22. The normalized spacial score (nSPS) is 21.9. The molecule has 3 atom stereocenters. The van der Waals surface area contributed by atoms with E-state index in [0.29, 0.717) is 24.5 Å². The Kier molecular flexibility index (Phi) is 6.72. The van der Waals surface area contributed by atoms with Crippen molar-refractivity contribution in [1.82, 2.24) is 9.80 Å². The van der Waals surface area contributed by atoms with E-state index in [1.54, 1.807) is 24.0 Å². The summed E-state index contributed by atoms with van der Waals surface area (Å²) >= 11 is 0. The van der Waals surface area contributed by atoms with Gasteiger partial charge in [-0.2, -0.15) is 0 Å². The van der Waals surface area contributed by atoms with Crippen molar-refractivity contribution < 1.29 is 23.1 Å². The van der Waals surface area contributed by atoms with Crippen LogP contribution in [0.3, 0.4) is 0 Å². The van der Waals surface area contributed by atoms with Crippen LogP contribution in [-0.4, -0.2) is 81.4 Å². The number of ether oxygens (including phenoxy) is 1. The van der Waals surface area contributed by atoms with E-state index in [1.165, 1.54) is 6.07 Å². The highest BCUT2D eigenvalue weighted by molar-refractivity contribution is 7.92. The monoisotopic (exact) mass is 399 g/mol. The zero-order chi connectivity index (χ0) is 20.4. The lowest BCUT2D eigenvalue weighted by atomic mass is 9.99. The van der Waals surface area contributed by atoms with Crippen molar-refractivity contribution in [3.63, 3.8) is 0 Å². The summed E-state index contributed by atoms with van der Waals surface area (Å²) in [6.07, 6.45) is 0.894.